The van der Waals surface area contributed by atoms with E-state index in [1.807, 2.05) is 91.0 Å². The third-order valence-corrected chi connectivity index (χ3v) is 8.67. The fourth-order valence-corrected chi connectivity index (χ4v) is 6.53. The van der Waals surface area contributed by atoms with E-state index in [9.17, 15) is 5.26 Å². The second kappa shape index (κ2) is 10.3. The fraction of sp³-hybridized carbons (Fsp3) is 0. The van der Waals surface area contributed by atoms with Gasteiger partial charge in [-0.25, -0.2) is 9.97 Å². The van der Waals surface area contributed by atoms with Gasteiger partial charge in [0.2, 0.25) is 0 Å². The summed E-state index contributed by atoms with van der Waals surface area (Å²) in [7, 11) is 0. The molecule has 0 spiro atoms. The van der Waals surface area contributed by atoms with Crippen molar-refractivity contribution in [2.75, 3.05) is 0 Å². The number of aromatic nitrogens is 3. The van der Waals surface area contributed by atoms with E-state index in [0.717, 1.165) is 55.3 Å². The Morgan fingerprint density at radius 1 is 0.500 bits per heavy atom. The number of hydrogen-bond acceptors (Lipinski definition) is 4. The van der Waals surface area contributed by atoms with Crippen molar-refractivity contribution < 1.29 is 4.42 Å². The maximum Gasteiger partial charge on any atom is 0.160 e. The number of hydrogen-bond donors (Lipinski definition) is 0. The number of nitriles is 1. The minimum atomic E-state index is 0.447. The lowest BCUT2D eigenvalue weighted by Crippen LogP contribution is -2.01. The molecule has 0 aliphatic carbocycles. The van der Waals surface area contributed by atoms with Gasteiger partial charge in [-0.2, -0.15) is 5.26 Å². The van der Waals surface area contributed by atoms with E-state index in [1.165, 1.54) is 10.8 Å². The molecule has 9 aromatic rings. The maximum absolute atomic E-state index is 10.4. The molecule has 0 saturated heterocycles. The maximum atomic E-state index is 10.4. The lowest BCUT2D eigenvalue weighted by atomic mass is 10.00. The second-order valence-electron chi connectivity index (χ2n) is 11.3. The van der Waals surface area contributed by atoms with Crippen LogP contribution >= 0.6 is 0 Å². The first kappa shape index (κ1) is 25.9. The summed E-state index contributed by atoms with van der Waals surface area (Å²) in [4.78, 5) is 9.86. The average molecular weight is 589 g/mol. The first-order chi connectivity index (χ1) is 22.8. The summed E-state index contributed by atoms with van der Waals surface area (Å²) in [5.41, 5.74) is 9.20. The molecular formula is C41H24N4O. The first-order valence-electron chi connectivity index (χ1n) is 15.1. The minimum Gasteiger partial charge on any atom is -0.456 e. The van der Waals surface area contributed by atoms with Crippen LogP contribution in [0.3, 0.4) is 0 Å². The van der Waals surface area contributed by atoms with E-state index in [-0.39, 0.29) is 0 Å². The van der Waals surface area contributed by atoms with Gasteiger partial charge in [-0.05, 0) is 30.3 Å². The first-order valence-corrected chi connectivity index (χ1v) is 15.1. The summed E-state index contributed by atoms with van der Waals surface area (Å²) in [6.07, 6.45) is 0. The van der Waals surface area contributed by atoms with E-state index < -0.39 is 0 Å². The third-order valence-electron chi connectivity index (χ3n) is 8.67. The highest BCUT2D eigenvalue weighted by atomic mass is 16.3. The highest BCUT2D eigenvalue weighted by Gasteiger charge is 2.20. The number of benzene rings is 6. The Bertz CT molecular complexity index is 2630. The molecule has 5 heteroatoms. The Kier molecular flexibility index (Phi) is 5.81. The summed E-state index contributed by atoms with van der Waals surface area (Å²) >= 11 is 0. The zero-order chi connectivity index (χ0) is 30.6. The molecular weight excluding hydrogens is 564 g/mol. The number of rotatable bonds is 4. The van der Waals surface area contributed by atoms with Crippen molar-refractivity contribution in [2.45, 2.75) is 0 Å². The molecule has 3 heterocycles. The van der Waals surface area contributed by atoms with Gasteiger partial charge < -0.3 is 8.98 Å². The van der Waals surface area contributed by atoms with Crippen molar-refractivity contribution in [1.29, 1.82) is 5.26 Å². The van der Waals surface area contributed by atoms with Crippen LogP contribution in [0.15, 0.2) is 150 Å². The Morgan fingerprint density at radius 3 is 1.83 bits per heavy atom. The fourth-order valence-electron chi connectivity index (χ4n) is 6.53. The summed E-state index contributed by atoms with van der Waals surface area (Å²) in [6.45, 7) is 0. The molecule has 0 bridgehead atoms. The monoisotopic (exact) mass is 588 g/mol. The molecule has 0 aliphatic heterocycles. The van der Waals surface area contributed by atoms with Gasteiger partial charge in [0.25, 0.3) is 0 Å². The van der Waals surface area contributed by atoms with Gasteiger partial charge in [-0.1, -0.05) is 109 Å². The van der Waals surface area contributed by atoms with Crippen LogP contribution in [0.5, 0.6) is 0 Å². The van der Waals surface area contributed by atoms with Gasteiger partial charge >= 0.3 is 0 Å². The van der Waals surface area contributed by atoms with Gasteiger partial charge in [0.1, 0.15) is 22.8 Å². The molecule has 46 heavy (non-hydrogen) atoms. The molecule has 0 amide bonds. The van der Waals surface area contributed by atoms with Gasteiger partial charge in [0.05, 0.1) is 22.4 Å². The van der Waals surface area contributed by atoms with Gasteiger partial charge in [0, 0.05) is 50.0 Å². The van der Waals surface area contributed by atoms with E-state index in [1.54, 1.807) is 0 Å². The molecule has 0 unspecified atom stereocenters. The van der Waals surface area contributed by atoms with Crippen molar-refractivity contribution in [1.82, 2.24) is 14.5 Å². The van der Waals surface area contributed by atoms with Crippen LogP contribution in [0.1, 0.15) is 5.56 Å². The Hall–Kier alpha value is -6.51. The molecule has 6 aromatic carbocycles. The highest BCUT2D eigenvalue weighted by molar-refractivity contribution is 6.17. The van der Waals surface area contributed by atoms with Crippen molar-refractivity contribution in [3.05, 3.63) is 151 Å². The lowest BCUT2D eigenvalue weighted by molar-refractivity contribution is 0.669. The SMILES string of the molecule is N#Cc1c(-c2ccccc2)nc(-c2ccccc2)nc1-c1ccc(-n2c3ccccc3c3cc4c(cc32)oc2ccccc24)cc1. The highest BCUT2D eigenvalue weighted by Crippen LogP contribution is 2.39. The Balaban J connectivity index is 1.24. The van der Waals surface area contributed by atoms with Crippen molar-refractivity contribution in [3.8, 4) is 45.7 Å². The molecule has 3 aromatic heterocycles. The van der Waals surface area contributed by atoms with Crippen LogP contribution in [0.4, 0.5) is 0 Å². The smallest absolute Gasteiger partial charge is 0.160 e. The molecule has 0 fully saturated rings. The molecule has 0 atom stereocenters. The van der Waals surface area contributed by atoms with Gasteiger partial charge in [-0.3, -0.25) is 0 Å². The Labute approximate surface area is 264 Å². The van der Waals surface area contributed by atoms with Gasteiger partial charge in [-0.15, -0.1) is 0 Å². The zero-order valence-corrected chi connectivity index (χ0v) is 24.6. The zero-order valence-electron chi connectivity index (χ0n) is 24.6. The summed E-state index contributed by atoms with van der Waals surface area (Å²) < 4.78 is 8.56. The summed E-state index contributed by atoms with van der Waals surface area (Å²) in [5.74, 6) is 0.578. The van der Waals surface area contributed by atoms with Crippen molar-refractivity contribution in [2.24, 2.45) is 0 Å². The van der Waals surface area contributed by atoms with Crippen molar-refractivity contribution in [3.63, 3.8) is 0 Å². The molecule has 0 aliphatic rings. The third kappa shape index (κ3) is 4.02. The summed E-state index contributed by atoms with van der Waals surface area (Å²) in [5, 5.41) is 15.0. The molecule has 214 valence electrons. The lowest BCUT2D eigenvalue weighted by Gasteiger charge is -2.13. The topological polar surface area (TPSA) is 67.6 Å². The number of fused-ring (bicyclic) bond motifs is 6. The Morgan fingerprint density at radius 2 is 1.11 bits per heavy atom. The average Bonchev–Trinajstić information content (AvgIpc) is 3.65. The second-order valence-corrected chi connectivity index (χ2v) is 11.3. The molecule has 9 rings (SSSR count). The molecule has 0 saturated carbocycles. The number of para-hydroxylation sites is 2. The largest absolute Gasteiger partial charge is 0.456 e. The molecule has 0 radical (unpaired) electrons. The van der Waals surface area contributed by atoms with Crippen LogP contribution in [-0.2, 0) is 0 Å². The van der Waals surface area contributed by atoms with E-state index in [4.69, 9.17) is 14.4 Å². The van der Waals surface area contributed by atoms with E-state index in [0.29, 0.717) is 22.8 Å². The van der Waals surface area contributed by atoms with Crippen LogP contribution in [-0.4, -0.2) is 14.5 Å². The number of furan rings is 1. The van der Waals surface area contributed by atoms with Crippen LogP contribution < -0.4 is 0 Å². The van der Waals surface area contributed by atoms with Gasteiger partial charge in [0.15, 0.2) is 5.82 Å². The van der Waals surface area contributed by atoms with Crippen LogP contribution in [0.25, 0.3) is 83.3 Å². The number of nitrogens with zero attached hydrogens (tertiary/aromatic N) is 4. The quantitative estimate of drug-likeness (QED) is 0.205. The molecule has 0 N–H and O–H groups in total. The standard InChI is InChI=1S/C41H24N4O/c42-25-34-39(26-11-3-1-4-12-26)43-41(28-13-5-2-6-14-28)44-40(34)27-19-21-29(22-20-27)45-35-17-9-7-15-30(35)32-23-33-31-16-8-10-18-37(31)46-38(33)24-36(32)45/h1-24H. The van der Waals surface area contributed by atoms with Crippen LogP contribution in [0, 0.1) is 11.3 Å². The predicted octanol–water partition coefficient (Wildman–Crippen LogP) is 10.3. The normalized spacial score (nSPS) is 11.5. The summed E-state index contributed by atoms with van der Waals surface area (Å²) in [6, 6.07) is 51.5. The van der Waals surface area contributed by atoms with E-state index >= 15 is 0 Å². The van der Waals surface area contributed by atoms with E-state index in [2.05, 4.69) is 65.2 Å². The molecule has 5 nitrogen and oxygen atoms in total. The van der Waals surface area contributed by atoms with Crippen molar-refractivity contribution >= 4 is 43.7 Å². The minimum absolute atomic E-state index is 0.447. The predicted molar refractivity (Wildman–Crippen MR) is 185 cm³/mol. The van der Waals surface area contributed by atoms with Crippen LogP contribution in [0.2, 0.25) is 0 Å².